The molecule has 1 atom stereocenters. The maximum absolute atomic E-state index is 10.3. The van der Waals surface area contributed by atoms with Crippen LogP contribution in [0.4, 0.5) is 0 Å². The van der Waals surface area contributed by atoms with Crippen LogP contribution in [0, 0.1) is 0 Å². The maximum Gasteiger partial charge on any atom is 1.00 e. The van der Waals surface area contributed by atoms with Gasteiger partial charge in [0.2, 0.25) is 0 Å². The van der Waals surface area contributed by atoms with Crippen molar-refractivity contribution in [2.24, 2.45) is 0 Å². The second-order valence-electron chi connectivity index (χ2n) is 5.85. The molecule has 124 valence electrons. The van der Waals surface area contributed by atoms with E-state index in [1.807, 2.05) is 0 Å². The van der Waals surface area contributed by atoms with Crippen LogP contribution in [-0.4, -0.2) is 17.2 Å². The Labute approximate surface area is 158 Å². The van der Waals surface area contributed by atoms with E-state index >= 15 is 0 Å². The van der Waals surface area contributed by atoms with Crippen molar-refractivity contribution in [3.8, 4) is 0 Å². The summed E-state index contributed by atoms with van der Waals surface area (Å²) in [5, 5.41) is 19.3. The summed E-state index contributed by atoms with van der Waals surface area (Å²) in [6.07, 6.45) is 18.0. The zero-order valence-corrected chi connectivity index (χ0v) is 16.7. The van der Waals surface area contributed by atoms with Crippen LogP contribution in [0.5, 0.6) is 0 Å². The smallest absolute Gasteiger partial charge is 0.547 e. The van der Waals surface area contributed by atoms with Crippen molar-refractivity contribution in [2.75, 3.05) is 0 Å². The minimum atomic E-state index is -1.35. The summed E-state index contributed by atoms with van der Waals surface area (Å²) >= 11 is 0. The van der Waals surface area contributed by atoms with Crippen LogP contribution in [0.15, 0.2) is 12.2 Å². The fourth-order valence-electron chi connectivity index (χ4n) is 2.35. The summed E-state index contributed by atoms with van der Waals surface area (Å²) in [6, 6.07) is 0. The molecule has 3 nitrogen and oxygen atoms in total. The van der Waals surface area contributed by atoms with E-state index in [9.17, 15) is 9.90 Å². The molecule has 0 aliphatic carbocycles. The predicted octanol–water partition coefficient (Wildman–Crippen LogP) is 0.749. The third-order valence-electron chi connectivity index (χ3n) is 3.76. The van der Waals surface area contributed by atoms with Crippen LogP contribution in [0.25, 0.3) is 0 Å². The molecule has 0 aromatic heterocycles. The number of hydrogen-bond donors (Lipinski definition) is 1. The van der Waals surface area contributed by atoms with Crippen molar-refractivity contribution in [2.45, 2.75) is 96.5 Å². The van der Waals surface area contributed by atoms with E-state index in [0.29, 0.717) is 6.42 Å². The van der Waals surface area contributed by atoms with E-state index in [1.54, 1.807) is 0 Å². The number of unbranched alkanes of at least 4 members (excludes halogenated alkanes) is 10. The fourth-order valence-corrected chi connectivity index (χ4v) is 2.35. The summed E-state index contributed by atoms with van der Waals surface area (Å²) in [7, 11) is 0. The minimum Gasteiger partial charge on any atom is -0.547 e. The molecule has 0 aliphatic heterocycles. The molecule has 0 bridgehead atoms. The molecule has 1 N–H and O–H groups in total. The van der Waals surface area contributed by atoms with Gasteiger partial charge in [0.25, 0.3) is 0 Å². The first-order valence-electron chi connectivity index (χ1n) is 8.72. The number of allylic oxidation sites excluding steroid dienone is 2. The third kappa shape index (κ3) is 18.2. The van der Waals surface area contributed by atoms with Crippen LogP contribution in [-0.2, 0) is 4.79 Å². The van der Waals surface area contributed by atoms with Crippen molar-refractivity contribution >= 4 is 5.97 Å². The molecule has 0 amide bonds. The molecule has 0 saturated carbocycles. The molecule has 0 aromatic rings. The SMILES string of the molecule is CCCCCC/C=C/CCCCCCCCC(O)C(=O)[O-].[Na+]. The van der Waals surface area contributed by atoms with Crippen LogP contribution < -0.4 is 34.7 Å². The molecule has 0 spiro atoms. The maximum atomic E-state index is 10.3. The Balaban J connectivity index is 0. The zero-order valence-electron chi connectivity index (χ0n) is 14.7. The van der Waals surface area contributed by atoms with Crippen LogP contribution >= 0.6 is 0 Å². The molecule has 0 rings (SSSR count). The number of carboxylic acid groups (broad SMARTS) is 1. The molecular weight excluding hydrogens is 287 g/mol. The van der Waals surface area contributed by atoms with Gasteiger partial charge < -0.3 is 15.0 Å². The normalized spacial score (nSPS) is 12.3. The molecule has 4 heteroatoms. The van der Waals surface area contributed by atoms with Crippen molar-refractivity contribution in [1.82, 2.24) is 0 Å². The number of aliphatic hydroxyl groups excluding tert-OH is 1. The Morgan fingerprint density at radius 2 is 1.36 bits per heavy atom. The molecule has 0 radical (unpaired) electrons. The fraction of sp³-hybridized carbons (Fsp3) is 0.833. The molecule has 0 aliphatic rings. The van der Waals surface area contributed by atoms with E-state index in [-0.39, 0.29) is 29.6 Å². The predicted molar refractivity (Wildman–Crippen MR) is 85.8 cm³/mol. The average molecular weight is 320 g/mol. The Bertz CT molecular complexity index is 267. The molecule has 22 heavy (non-hydrogen) atoms. The van der Waals surface area contributed by atoms with E-state index in [0.717, 1.165) is 19.3 Å². The van der Waals surface area contributed by atoms with Gasteiger partial charge in [-0.2, -0.15) is 0 Å². The third-order valence-corrected chi connectivity index (χ3v) is 3.76. The van der Waals surface area contributed by atoms with Crippen molar-refractivity contribution < 1.29 is 44.6 Å². The second-order valence-corrected chi connectivity index (χ2v) is 5.85. The number of aliphatic carboxylic acids is 1. The van der Waals surface area contributed by atoms with Gasteiger partial charge in [0.15, 0.2) is 0 Å². The van der Waals surface area contributed by atoms with Crippen LogP contribution in [0.3, 0.4) is 0 Å². The Hall–Kier alpha value is 0.170. The molecule has 1 unspecified atom stereocenters. The van der Waals surface area contributed by atoms with E-state index < -0.39 is 12.1 Å². The molecule has 0 saturated heterocycles. The summed E-state index contributed by atoms with van der Waals surface area (Å²) in [4.78, 5) is 10.3. The van der Waals surface area contributed by atoms with E-state index in [2.05, 4.69) is 19.1 Å². The summed E-state index contributed by atoms with van der Waals surface area (Å²) in [5.41, 5.74) is 0. The van der Waals surface area contributed by atoms with Gasteiger partial charge in [0.1, 0.15) is 0 Å². The number of carbonyl (C=O) groups is 1. The van der Waals surface area contributed by atoms with E-state index in [1.165, 1.54) is 57.8 Å². The average Bonchev–Trinajstić information content (AvgIpc) is 2.47. The minimum absolute atomic E-state index is 0. The Morgan fingerprint density at radius 3 is 1.86 bits per heavy atom. The standard InChI is InChI=1S/C18H34O3.Na/c1-2-3-4-5-6-7-8-9-10-11-12-13-14-15-16-17(19)18(20)21;/h7-8,17,19H,2-6,9-16H2,1H3,(H,20,21);/q;+1/p-1/b8-7+;. The van der Waals surface area contributed by atoms with Crippen LogP contribution in [0.1, 0.15) is 90.4 Å². The largest absolute Gasteiger partial charge is 1.00 e. The van der Waals surface area contributed by atoms with Gasteiger partial charge in [0, 0.05) is 0 Å². The molecule has 0 aromatic carbocycles. The van der Waals surface area contributed by atoms with Gasteiger partial charge >= 0.3 is 29.6 Å². The van der Waals surface area contributed by atoms with Gasteiger partial charge in [-0.05, 0) is 32.1 Å². The Kier molecular flexibility index (Phi) is 21.3. The number of hydrogen-bond acceptors (Lipinski definition) is 3. The van der Waals surface area contributed by atoms with Gasteiger partial charge in [0.05, 0.1) is 12.1 Å². The first-order chi connectivity index (χ1) is 10.2. The number of rotatable bonds is 15. The number of carboxylic acids is 1. The van der Waals surface area contributed by atoms with Crippen molar-refractivity contribution in [3.63, 3.8) is 0 Å². The first kappa shape index (κ1) is 24.4. The summed E-state index contributed by atoms with van der Waals surface area (Å²) in [5.74, 6) is -1.35. The topological polar surface area (TPSA) is 60.4 Å². The zero-order chi connectivity index (χ0) is 15.8. The summed E-state index contributed by atoms with van der Waals surface area (Å²) < 4.78 is 0. The number of aliphatic hydroxyl groups is 1. The van der Waals surface area contributed by atoms with Gasteiger partial charge in [-0.1, -0.05) is 70.4 Å². The molecular formula is C18H33NaO3. The van der Waals surface area contributed by atoms with Gasteiger partial charge in [-0.25, -0.2) is 0 Å². The van der Waals surface area contributed by atoms with Crippen LogP contribution in [0.2, 0.25) is 0 Å². The second kappa shape index (κ2) is 19.2. The van der Waals surface area contributed by atoms with Gasteiger partial charge in [-0.3, -0.25) is 0 Å². The summed E-state index contributed by atoms with van der Waals surface area (Å²) in [6.45, 7) is 2.24. The first-order valence-corrected chi connectivity index (χ1v) is 8.72. The van der Waals surface area contributed by atoms with Crippen molar-refractivity contribution in [1.29, 1.82) is 0 Å². The van der Waals surface area contributed by atoms with E-state index in [4.69, 9.17) is 5.11 Å². The molecule has 0 fully saturated rings. The molecule has 0 heterocycles. The van der Waals surface area contributed by atoms with Crippen molar-refractivity contribution in [3.05, 3.63) is 12.2 Å². The quantitative estimate of drug-likeness (QED) is 0.275. The number of carbonyl (C=O) groups excluding carboxylic acids is 1. The van der Waals surface area contributed by atoms with Gasteiger partial charge in [-0.15, -0.1) is 0 Å². The monoisotopic (exact) mass is 320 g/mol. The Morgan fingerprint density at radius 1 is 0.909 bits per heavy atom.